The Morgan fingerprint density at radius 1 is 1.40 bits per heavy atom. The number of allylic oxidation sites excluding steroid dienone is 4. The molecule has 15 heavy (non-hydrogen) atoms. The normalized spacial score (nSPS) is 32.6. The maximum absolute atomic E-state index is 9.10. The predicted molar refractivity (Wildman–Crippen MR) is 60.7 cm³/mol. The van der Waals surface area contributed by atoms with Gasteiger partial charge >= 0.3 is 0 Å². The van der Waals surface area contributed by atoms with Crippen molar-refractivity contribution in [3.63, 3.8) is 0 Å². The highest BCUT2D eigenvalue weighted by molar-refractivity contribution is 6.07. The first-order valence-corrected chi connectivity index (χ1v) is 5.62. The summed E-state index contributed by atoms with van der Waals surface area (Å²) in [4.78, 5) is 4.50. The Balaban J connectivity index is 2.01. The van der Waals surface area contributed by atoms with E-state index in [4.69, 9.17) is 5.11 Å². The third kappa shape index (κ3) is 1.18. The Bertz CT molecular complexity index is 399. The summed E-state index contributed by atoms with van der Waals surface area (Å²) in [7, 11) is 0. The first-order chi connectivity index (χ1) is 7.38. The molecule has 78 valence electrons. The third-order valence-corrected chi connectivity index (χ3v) is 3.64. The highest BCUT2D eigenvalue weighted by Crippen LogP contribution is 2.55. The average molecular weight is 201 g/mol. The standard InChI is InChI=1S/C13H15NO/c15-8-6-11-9-14-12-3-1-2-7-13(11,12)10-4-5-10/h1-3,7,9-10,15H,4-6,8H2. The molecule has 1 saturated carbocycles. The largest absolute Gasteiger partial charge is 0.396 e. The second-order valence-corrected chi connectivity index (χ2v) is 4.50. The first-order valence-electron chi connectivity index (χ1n) is 5.62. The second kappa shape index (κ2) is 3.17. The smallest absolute Gasteiger partial charge is 0.0564 e. The second-order valence-electron chi connectivity index (χ2n) is 4.50. The van der Waals surface area contributed by atoms with E-state index in [0.717, 1.165) is 12.3 Å². The van der Waals surface area contributed by atoms with Gasteiger partial charge in [0, 0.05) is 12.8 Å². The third-order valence-electron chi connectivity index (χ3n) is 3.64. The van der Waals surface area contributed by atoms with Crippen molar-refractivity contribution in [1.29, 1.82) is 0 Å². The van der Waals surface area contributed by atoms with Gasteiger partial charge in [0.05, 0.1) is 11.1 Å². The van der Waals surface area contributed by atoms with E-state index in [1.807, 2.05) is 6.20 Å². The molecule has 0 radical (unpaired) electrons. The fourth-order valence-corrected chi connectivity index (χ4v) is 2.79. The zero-order valence-electron chi connectivity index (χ0n) is 8.69. The number of nitrogens with zero attached hydrogens (tertiary/aromatic N) is 1. The van der Waals surface area contributed by atoms with Crippen LogP contribution in [0.2, 0.25) is 0 Å². The van der Waals surface area contributed by atoms with E-state index < -0.39 is 0 Å². The molecule has 2 heteroatoms. The van der Waals surface area contributed by atoms with Crippen LogP contribution in [0.25, 0.3) is 0 Å². The minimum absolute atomic E-state index is 0.0531. The van der Waals surface area contributed by atoms with Crippen molar-refractivity contribution in [3.05, 3.63) is 36.1 Å². The maximum atomic E-state index is 9.10. The molecule has 2 aliphatic carbocycles. The van der Waals surface area contributed by atoms with Crippen LogP contribution >= 0.6 is 0 Å². The van der Waals surface area contributed by atoms with Gasteiger partial charge in [0.2, 0.25) is 0 Å². The van der Waals surface area contributed by atoms with Crippen molar-refractivity contribution >= 4 is 5.71 Å². The van der Waals surface area contributed by atoms with E-state index in [9.17, 15) is 0 Å². The van der Waals surface area contributed by atoms with Crippen molar-refractivity contribution in [3.8, 4) is 0 Å². The van der Waals surface area contributed by atoms with Crippen LogP contribution in [0.5, 0.6) is 0 Å². The lowest BCUT2D eigenvalue weighted by molar-refractivity contribution is 0.291. The average Bonchev–Trinajstić information content (AvgIpc) is 3.05. The van der Waals surface area contributed by atoms with Gasteiger partial charge in [-0.15, -0.1) is 0 Å². The minimum atomic E-state index is 0.0531. The van der Waals surface area contributed by atoms with E-state index >= 15 is 0 Å². The molecule has 3 rings (SSSR count). The molecule has 1 fully saturated rings. The molecule has 1 unspecified atom stereocenters. The molecule has 0 aromatic carbocycles. The van der Waals surface area contributed by atoms with Crippen LogP contribution in [0, 0.1) is 11.3 Å². The summed E-state index contributed by atoms with van der Waals surface area (Å²) in [6, 6.07) is 0. The Kier molecular flexibility index (Phi) is 1.93. The van der Waals surface area contributed by atoms with Gasteiger partial charge in [0.15, 0.2) is 0 Å². The van der Waals surface area contributed by atoms with Crippen LogP contribution in [0.15, 0.2) is 41.1 Å². The minimum Gasteiger partial charge on any atom is -0.396 e. The fourth-order valence-electron chi connectivity index (χ4n) is 2.79. The predicted octanol–water partition coefficient (Wildman–Crippen LogP) is 2.23. The first kappa shape index (κ1) is 9.10. The van der Waals surface area contributed by atoms with E-state index in [-0.39, 0.29) is 12.0 Å². The number of hydrogen-bond donors (Lipinski definition) is 1. The van der Waals surface area contributed by atoms with E-state index in [1.54, 1.807) is 0 Å². The highest BCUT2D eigenvalue weighted by Gasteiger charge is 2.50. The molecule has 1 N–H and O–H groups in total. The Labute approximate surface area is 89.7 Å². The van der Waals surface area contributed by atoms with Crippen molar-refractivity contribution in [1.82, 2.24) is 0 Å². The summed E-state index contributed by atoms with van der Waals surface area (Å²) in [5, 5.41) is 9.10. The zero-order chi connectivity index (χ0) is 10.3. The summed E-state index contributed by atoms with van der Waals surface area (Å²) in [6.07, 6.45) is 13.9. The van der Waals surface area contributed by atoms with Crippen LogP contribution in [-0.2, 0) is 0 Å². The number of aliphatic hydroxyl groups is 1. The van der Waals surface area contributed by atoms with E-state index in [2.05, 4.69) is 29.3 Å². The van der Waals surface area contributed by atoms with Gasteiger partial charge < -0.3 is 5.11 Å². The lowest BCUT2D eigenvalue weighted by Crippen LogP contribution is -2.31. The lowest BCUT2D eigenvalue weighted by atomic mass is 9.70. The topological polar surface area (TPSA) is 32.6 Å². The van der Waals surface area contributed by atoms with Crippen LogP contribution in [0.3, 0.4) is 0 Å². The molecule has 0 saturated heterocycles. The van der Waals surface area contributed by atoms with Gasteiger partial charge in [-0.25, -0.2) is 0 Å². The van der Waals surface area contributed by atoms with Gasteiger partial charge in [-0.05, 0) is 36.8 Å². The lowest BCUT2D eigenvalue weighted by Gasteiger charge is -2.31. The Morgan fingerprint density at radius 3 is 3.00 bits per heavy atom. The number of aliphatic imine (C=N–C) groups is 1. The zero-order valence-corrected chi connectivity index (χ0v) is 8.69. The maximum Gasteiger partial charge on any atom is 0.0564 e. The van der Waals surface area contributed by atoms with Crippen LogP contribution in [0.4, 0.5) is 0 Å². The molecular formula is C13H15NO. The van der Waals surface area contributed by atoms with Crippen LogP contribution in [-0.4, -0.2) is 17.4 Å². The van der Waals surface area contributed by atoms with Gasteiger partial charge in [0.25, 0.3) is 0 Å². The number of fused-ring (bicyclic) bond motifs is 1. The molecule has 3 aliphatic rings. The molecular weight excluding hydrogens is 186 g/mol. The SMILES string of the molecule is OCCC1=CN=C2C=CC=CC12C1CC1. The van der Waals surface area contributed by atoms with Gasteiger partial charge in [-0.3, -0.25) is 4.99 Å². The molecule has 1 atom stereocenters. The fraction of sp³-hybridized carbons (Fsp3) is 0.462. The molecule has 1 heterocycles. The molecule has 0 aromatic rings. The van der Waals surface area contributed by atoms with Crippen molar-refractivity contribution < 1.29 is 5.11 Å². The highest BCUT2D eigenvalue weighted by atomic mass is 16.3. The number of hydrogen-bond acceptors (Lipinski definition) is 2. The molecule has 0 bridgehead atoms. The summed E-state index contributed by atoms with van der Waals surface area (Å²) < 4.78 is 0. The molecule has 2 nitrogen and oxygen atoms in total. The quantitative estimate of drug-likeness (QED) is 0.746. The summed E-state index contributed by atoms with van der Waals surface area (Å²) >= 11 is 0. The van der Waals surface area contributed by atoms with Crippen molar-refractivity contribution in [2.24, 2.45) is 16.3 Å². The van der Waals surface area contributed by atoms with Gasteiger partial charge in [-0.2, -0.15) is 0 Å². The van der Waals surface area contributed by atoms with Gasteiger partial charge in [-0.1, -0.05) is 18.2 Å². The monoisotopic (exact) mass is 201 g/mol. The summed E-state index contributed by atoms with van der Waals surface area (Å²) in [5.74, 6) is 0.720. The van der Waals surface area contributed by atoms with Crippen LogP contribution in [0.1, 0.15) is 19.3 Å². The Hall–Kier alpha value is -1.15. The Morgan fingerprint density at radius 2 is 2.27 bits per heavy atom. The van der Waals surface area contributed by atoms with Crippen molar-refractivity contribution in [2.45, 2.75) is 19.3 Å². The molecule has 0 aromatic heterocycles. The van der Waals surface area contributed by atoms with E-state index in [1.165, 1.54) is 24.1 Å². The van der Waals surface area contributed by atoms with Crippen molar-refractivity contribution in [2.75, 3.05) is 6.61 Å². The molecule has 1 aliphatic heterocycles. The molecule has 0 amide bonds. The summed E-state index contributed by atoms with van der Waals surface area (Å²) in [6.45, 7) is 0.223. The van der Waals surface area contributed by atoms with E-state index in [0.29, 0.717) is 0 Å². The summed E-state index contributed by atoms with van der Waals surface area (Å²) in [5.41, 5.74) is 2.52. The van der Waals surface area contributed by atoms with Crippen LogP contribution < -0.4 is 0 Å². The number of rotatable bonds is 3. The van der Waals surface area contributed by atoms with Gasteiger partial charge in [0.1, 0.15) is 0 Å². The number of aliphatic hydroxyl groups excluding tert-OH is 1. The molecule has 0 spiro atoms.